The quantitative estimate of drug-likeness (QED) is 0.899. The Labute approximate surface area is 93.1 Å². The molecule has 0 aliphatic heterocycles. The molecule has 0 heterocycles. The van der Waals surface area contributed by atoms with Gasteiger partial charge in [-0.3, -0.25) is 5.32 Å². The Bertz CT molecular complexity index is 353. The Hall–Kier alpha value is -0.850. The summed E-state index contributed by atoms with van der Waals surface area (Å²) in [5.74, 6) is 0. The van der Waals surface area contributed by atoms with E-state index in [1.54, 1.807) is 0 Å². The number of nitrogens with zero attached hydrogens (tertiary/aromatic N) is 1. The van der Waals surface area contributed by atoms with E-state index in [9.17, 15) is 0 Å². The average molecular weight is 253 g/mol. The van der Waals surface area contributed by atoms with E-state index in [0.29, 0.717) is 6.54 Å². The van der Waals surface area contributed by atoms with E-state index >= 15 is 0 Å². The molecule has 1 N–H and O–H groups in total. The molecule has 2 nitrogen and oxygen atoms in total. The van der Waals surface area contributed by atoms with Crippen LogP contribution in [0.5, 0.6) is 0 Å². The molecule has 0 aliphatic carbocycles. The van der Waals surface area contributed by atoms with Crippen molar-refractivity contribution in [2.75, 3.05) is 0 Å². The highest BCUT2D eigenvalue weighted by Gasteiger charge is 2.15. The van der Waals surface area contributed by atoms with Gasteiger partial charge in [-0.2, -0.15) is 5.26 Å². The molecule has 0 amide bonds. The standard InChI is InChI=1S/C11H13BrN2/c1-11(2,8-13)14-7-9-5-3-4-6-10(9)12/h3-6,14H,7H2,1-2H3. The van der Waals surface area contributed by atoms with Crippen molar-refractivity contribution in [1.82, 2.24) is 5.32 Å². The lowest BCUT2D eigenvalue weighted by Crippen LogP contribution is -2.36. The van der Waals surface area contributed by atoms with Crippen LogP contribution in [0.3, 0.4) is 0 Å². The highest BCUT2D eigenvalue weighted by molar-refractivity contribution is 9.10. The third-order valence-corrected chi connectivity index (χ3v) is 2.73. The molecule has 0 aromatic heterocycles. The fourth-order valence-electron chi connectivity index (χ4n) is 0.997. The SMILES string of the molecule is CC(C)(C#N)NCc1ccccc1Br. The molecular weight excluding hydrogens is 240 g/mol. The molecule has 1 rings (SSSR count). The largest absolute Gasteiger partial charge is 0.296 e. The molecule has 0 aliphatic rings. The topological polar surface area (TPSA) is 35.8 Å². The van der Waals surface area contributed by atoms with Gasteiger partial charge in [0.2, 0.25) is 0 Å². The minimum atomic E-state index is -0.477. The van der Waals surface area contributed by atoms with E-state index in [1.165, 1.54) is 0 Å². The van der Waals surface area contributed by atoms with Crippen LogP contribution in [0.2, 0.25) is 0 Å². The van der Waals surface area contributed by atoms with Crippen LogP contribution in [-0.2, 0) is 6.54 Å². The summed E-state index contributed by atoms with van der Waals surface area (Å²) in [5, 5.41) is 12.0. The van der Waals surface area contributed by atoms with Gasteiger partial charge >= 0.3 is 0 Å². The first-order valence-corrected chi connectivity index (χ1v) is 5.24. The zero-order valence-corrected chi connectivity index (χ0v) is 9.93. The average Bonchev–Trinajstić information content (AvgIpc) is 2.17. The van der Waals surface area contributed by atoms with Gasteiger partial charge in [0.05, 0.1) is 6.07 Å². The van der Waals surface area contributed by atoms with Gasteiger partial charge in [0, 0.05) is 11.0 Å². The van der Waals surface area contributed by atoms with Crippen molar-refractivity contribution in [2.24, 2.45) is 0 Å². The van der Waals surface area contributed by atoms with Crippen LogP contribution in [0, 0.1) is 11.3 Å². The highest BCUT2D eigenvalue weighted by Crippen LogP contribution is 2.16. The van der Waals surface area contributed by atoms with E-state index in [2.05, 4.69) is 27.3 Å². The normalized spacial score (nSPS) is 11.0. The predicted molar refractivity (Wildman–Crippen MR) is 60.7 cm³/mol. The number of rotatable bonds is 3. The maximum absolute atomic E-state index is 8.82. The van der Waals surface area contributed by atoms with Crippen LogP contribution < -0.4 is 5.32 Å². The van der Waals surface area contributed by atoms with Crippen LogP contribution in [0.1, 0.15) is 19.4 Å². The number of halogens is 1. The van der Waals surface area contributed by atoms with E-state index in [-0.39, 0.29) is 0 Å². The third kappa shape index (κ3) is 3.13. The zero-order valence-electron chi connectivity index (χ0n) is 8.34. The summed E-state index contributed by atoms with van der Waals surface area (Å²) in [5.41, 5.74) is 0.686. The first-order chi connectivity index (χ1) is 6.55. The Balaban J connectivity index is 2.64. The van der Waals surface area contributed by atoms with Gasteiger partial charge in [-0.05, 0) is 25.5 Å². The Morgan fingerprint density at radius 1 is 1.43 bits per heavy atom. The van der Waals surface area contributed by atoms with Crippen LogP contribution in [0.25, 0.3) is 0 Å². The number of nitriles is 1. The Kier molecular flexibility index (Phi) is 3.68. The Morgan fingerprint density at radius 2 is 2.07 bits per heavy atom. The molecule has 0 atom stereocenters. The minimum absolute atomic E-state index is 0.477. The molecule has 0 saturated heterocycles. The van der Waals surface area contributed by atoms with E-state index < -0.39 is 5.54 Å². The lowest BCUT2D eigenvalue weighted by molar-refractivity contribution is 0.484. The molecule has 0 radical (unpaired) electrons. The molecule has 0 spiro atoms. The van der Waals surface area contributed by atoms with Gasteiger partial charge < -0.3 is 0 Å². The summed E-state index contributed by atoms with van der Waals surface area (Å²) in [6.45, 7) is 4.43. The summed E-state index contributed by atoms with van der Waals surface area (Å²) in [6.07, 6.45) is 0. The van der Waals surface area contributed by atoms with Crippen LogP contribution in [0.15, 0.2) is 28.7 Å². The summed E-state index contributed by atoms with van der Waals surface area (Å²) in [7, 11) is 0. The number of benzene rings is 1. The molecule has 0 fully saturated rings. The smallest absolute Gasteiger partial charge is 0.101 e. The second-order valence-corrected chi connectivity index (χ2v) is 4.54. The third-order valence-electron chi connectivity index (χ3n) is 1.96. The Morgan fingerprint density at radius 3 is 2.64 bits per heavy atom. The van der Waals surface area contributed by atoms with E-state index in [4.69, 9.17) is 5.26 Å². The molecule has 1 aromatic rings. The molecule has 0 saturated carbocycles. The molecule has 0 unspecified atom stereocenters. The van der Waals surface area contributed by atoms with Gasteiger partial charge in [0.15, 0.2) is 0 Å². The first-order valence-electron chi connectivity index (χ1n) is 4.45. The fourth-order valence-corrected chi connectivity index (χ4v) is 1.42. The van der Waals surface area contributed by atoms with Gasteiger partial charge in [-0.25, -0.2) is 0 Å². The molecule has 74 valence electrons. The van der Waals surface area contributed by atoms with Crippen LogP contribution in [-0.4, -0.2) is 5.54 Å². The van der Waals surface area contributed by atoms with Crippen molar-refractivity contribution < 1.29 is 0 Å². The lowest BCUT2D eigenvalue weighted by Gasteiger charge is -2.17. The molecular formula is C11H13BrN2. The first kappa shape index (κ1) is 11.2. The molecule has 14 heavy (non-hydrogen) atoms. The minimum Gasteiger partial charge on any atom is -0.296 e. The summed E-state index contributed by atoms with van der Waals surface area (Å²) >= 11 is 3.46. The second-order valence-electron chi connectivity index (χ2n) is 3.68. The molecule has 3 heteroatoms. The van der Waals surface area contributed by atoms with Gasteiger partial charge in [0.1, 0.15) is 5.54 Å². The summed E-state index contributed by atoms with van der Waals surface area (Å²) in [4.78, 5) is 0. The van der Waals surface area contributed by atoms with Crippen LogP contribution >= 0.6 is 15.9 Å². The van der Waals surface area contributed by atoms with E-state index in [1.807, 2.05) is 38.1 Å². The molecule has 1 aromatic carbocycles. The van der Waals surface area contributed by atoms with Crippen molar-refractivity contribution in [3.63, 3.8) is 0 Å². The van der Waals surface area contributed by atoms with Crippen LogP contribution in [0.4, 0.5) is 0 Å². The van der Waals surface area contributed by atoms with Gasteiger partial charge in [-0.1, -0.05) is 34.1 Å². The maximum atomic E-state index is 8.82. The van der Waals surface area contributed by atoms with E-state index in [0.717, 1.165) is 10.0 Å². The molecule has 0 bridgehead atoms. The highest BCUT2D eigenvalue weighted by atomic mass is 79.9. The number of nitrogens with one attached hydrogen (secondary N) is 1. The predicted octanol–water partition coefficient (Wildman–Crippen LogP) is 2.84. The van der Waals surface area contributed by atoms with Crippen molar-refractivity contribution in [1.29, 1.82) is 5.26 Å². The summed E-state index contributed by atoms with van der Waals surface area (Å²) in [6, 6.07) is 10.2. The fraction of sp³-hybridized carbons (Fsp3) is 0.364. The maximum Gasteiger partial charge on any atom is 0.101 e. The number of hydrogen-bond acceptors (Lipinski definition) is 2. The van der Waals surface area contributed by atoms with Crippen molar-refractivity contribution >= 4 is 15.9 Å². The number of hydrogen-bond donors (Lipinski definition) is 1. The van der Waals surface area contributed by atoms with Crippen molar-refractivity contribution in [3.8, 4) is 6.07 Å². The van der Waals surface area contributed by atoms with Crippen molar-refractivity contribution in [2.45, 2.75) is 25.9 Å². The second kappa shape index (κ2) is 4.59. The summed E-state index contributed by atoms with van der Waals surface area (Å²) < 4.78 is 1.07. The van der Waals surface area contributed by atoms with Crippen molar-refractivity contribution in [3.05, 3.63) is 34.3 Å². The monoisotopic (exact) mass is 252 g/mol. The lowest BCUT2D eigenvalue weighted by atomic mass is 10.1. The van der Waals surface area contributed by atoms with Gasteiger partial charge in [-0.15, -0.1) is 0 Å². The zero-order chi connectivity index (χ0) is 10.6. The van der Waals surface area contributed by atoms with Gasteiger partial charge in [0.25, 0.3) is 0 Å².